The van der Waals surface area contributed by atoms with E-state index in [2.05, 4.69) is 18.8 Å². The van der Waals surface area contributed by atoms with Gasteiger partial charge in [0.15, 0.2) is 0 Å². The molecule has 120 valence electrons. The van der Waals surface area contributed by atoms with Gasteiger partial charge in [0.2, 0.25) is 0 Å². The minimum atomic E-state index is -0.235. The Morgan fingerprint density at radius 3 is 2.73 bits per heavy atom. The fourth-order valence-corrected chi connectivity index (χ4v) is 2.39. The number of imidazole rings is 1. The number of hydrogen-bond acceptors (Lipinski definition) is 4. The Bertz CT molecular complexity index is 661. The first kappa shape index (κ1) is 16.3. The Hall–Kier alpha value is -2.04. The van der Waals surface area contributed by atoms with Crippen LogP contribution in [-0.2, 0) is 22.5 Å². The molecule has 1 atom stereocenters. The number of hydrogen-bond donors (Lipinski definition) is 1. The van der Waals surface area contributed by atoms with Crippen LogP contribution in [0.2, 0.25) is 0 Å². The maximum absolute atomic E-state index is 12.1. The monoisotopic (exact) mass is 303 g/mol. The van der Waals surface area contributed by atoms with Crippen molar-refractivity contribution in [3.8, 4) is 0 Å². The lowest BCUT2D eigenvalue weighted by atomic mass is 10.1. The third-order valence-corrected chi connectivity index (χ3v) is 3.67. The van der Waals surface area contributed by atoms with Crippen molar-refractivity contribution in [1.82, 2.24) is 9.55 Å². The third kappa shape index (κ3) is 3.59. The molecule has 1 unspecified atom stereocenters. The standard InChI is InChI=1S/C17H25N3O2/c1-5-12(4)22-16(21)10-20-14-8-6-7-13(18)17(14)19-15(20)9-11(2)3/h6-8,11-12H,5,9-10,18H2,1-4H3. The van der Waals surface area contributed by atoms with Gasteiger partial charge in [0.1, 0.15) is 17.9 Å². The zero-order valence-corrected chi connectivity index (χ0v) is 13.8. The Morgan fingerprint density at radius 1 is 1.36 bits per heavy atom. The summed E-state index contributed by atoms with van der Waals surface area (Å²) in [6.07, 6.45) is 1.54. The zero-order valence-electron chi connectivity index (χ0n) is 13.8. The van der Waals surface area contributed by atoms with Crippen LogP contribution < -0.4 is 5.73 Å². The number of anilines is 1. The molecule has 2 rings (SSSR count). The first-order chi connectivity index (χ1) is 10.4. The fourth-order valence-electron chi connectivity index (χ4n) is 2.39. The van der Waals surface area contributed by atoms with Gasteiger partial charge < -0.3 is 15.0 Å². The van der Waals surface area contributed by atoms with Crippen LogP contribution in [0.25, 0.3) is 11.0 Å². The third-order valence-electron chi connectivity index (χ3n) is 3.67. The van der Waals surface area contributed by atoms with Crippen LogP contribution in [0.1, 0.15) is 39.9 Å². The van der Waals surface area contributed by atoms with Crippen molar-refractivity contribution in [1.29, 1.82) is 0 Å². The lowest BCUT2D eigenvalue weighted by Gasteiger charge is -2.13. The highest BCUT2D eigenvalue weighted by molar-refractivity contribution is 5.88. The molecule has 22 heavy (non-hydrogen) atoms. The summed E-state index contributed by atoms with van der Waals surface area (Å²) in [5.41, 5.74) is 8.29. The van der Waals surface area contributed by atoms with Gasteiger partial charge in [-0.2, -0.15) is 0 Å². The molecule has 0 saturated heterocycles. The molecule has 5 nitrogen and oxygen atoms in total. The van der Waals surface area contributed by atoms with Crippen LogP contribution in [0.3, 0.4) is 0 Å². The first-order valence-corrected chi connectivity index (χ1v) is 7.85. The summed E-state index contributed by atoms with van der Waals surface area (Å²) in [6, 6.07) is 5.66. The number of ether oxygens (including phenoxy) is 1. The van der Waals surface area contributed by atoms with Crippen LogP contribution in [0.4, 0.5) is 5.69 Å². The maximum atomic E-state index is 12.1. The van der Waals surface area contributed by atoms with E-state index in [1.807, 2.05) is 36.6 Å². The van der Waals surface area contributed by atoms with Crippen molar-refractivity contribution >= 4 is 22.7 Å². The van der Waals surface area contributed by atoms with E-state index in [0.29, 0.717) is 11.6 Å². The van der Waals surface area contributed by atoms with Gasteiger partial charge in [-0.3, -0.25) is 4.79 Å². The SMILES string of the molecule is CCC(C)OC(=O)Cn1c(CC(C)C)nc2c(N)cccc21. The number of para-hydroxylation sites is 1. The van der Waals surface area contributed by atoms with Gasteiger partial charge in [-0.05, 0) is 31.4 Å². The van der Waals surface area contributed by atoms with Crippen molar-refractivity contribution in [2.24, 2.45) is 5.92 Å². The molecular weight excluding hydrogens is 278 g/mol. The number of fused-ring (bicyclic) bond motifs is 1. The largest absolute Gasteiger partial charge is 0.461 e. The molecule has 0 aliphatic carbocycles. The van der Waals surface area contributed by atoms with Crippen molar-refractivity contribution < 1.29 is 9.53 Å². The van der Waals surface area contributed by atoms with Gasteiger partial charge in [0.25, 0.3) is 0 Å². The van der Waals surface area contributed by atoms with E-state index in [1.54, 1.807) is 0 Å². The lowest BCUT2D eigenvalue weighted by molar-refractivity contribution is -0.149. The number of nitrogens with two attached hydrogens (primary N) is 1. The molecule has 0 aliphatic heterocycles. The Labute approximate surface area is 131 Å². The molecule has 0 spiro atoms. The number of esters is 1. The topological polar surface area (TPSA) is 70.1 Å². The normalized spacial score (nSPS) is 12.8. The highest BCUT2D eigenvalue weighted by Crippen LogP contribution is 2.23. The summed E-state index contributed by atoms with van der Waals surface area (Å²) in [6.45, 7) is 8.33. The molecule has 2 N–H and O–H groups in total. The van der Waals surface area contributed by atoms with E-state index in [-0.39, 0.29) is 18.6 Å². The van der Waals surface area contributed by atoms with E-state index in [4.69, 9.17) is 10.5 Å². The number of nitrogen functional groups attached to an aromatic ring is 1. The number of benzene rings is 1. The van der Waals surface area contributed by atoms with Crippen LogP contribution in [0, 0.1) is 5.92 Å². The Morgan fingerprint density at radius 2 is 2.09 bits per heavy atom. The van der Waals surface area contributed by atoms with E-state index < -0.39 is 0 Å². The number of carbonyl (C=O) groups is 1. The number of nitrogens with zero attached hydrogens (tertiary/aromatic N) is 2. The molecule has 0 bridgehead atoms. The van der Waals surface area contributed by atoms with Crippen LogP contribution in [0.15, 0.2) is 18.2 Å². The number of rotatable bonds is 6. The van der Waals surface area contributed by atoms with Gasteiger partial charge in [-0.15, -0.1) is 0 Å². The highest BCUT2D eigenvalue weighted by Gasteiger charge is 2.17. The molecule has 0 aliphatic rings. The predicted molar refractivity (Wildman–Crippen MR) is 88.5 cm³/mol. The van der Waals surface area contributed by atoms with Gasteiger partial charge in [-0.25, -0.2) is 4.98 Å². The van der Waals surface area contributed by atoms with E-state index in [0.717, 1.165) is 29.7 Å². The van der Waals surface area contributed by atoms with E-state index in [9.17, 15) is 4.79 Å². The molecule has 0 amide bonds. The van der Waals surface area contributed by atoms with Crippen LogP contribution >= 0.6 is 0 Å². The minimum absolute atomic E-state index is 0.0686. The second-order valence-electron chi connectivity index (χ2n) is 6.14. The average Bonchev–Trinajstić information content (AvgIpc) is 2.77. The molecule has 2 aromatic rings. The fraction of sp³-hybridized carbons (Fsp3) is 0.529. The second kappa shape index (κ2) is 6.81. The molecule has 0 saturated carbocycles. The lowest BCUT2D eigenvalue weighted by Crippen LogP contribution is -2.20. The molecule has 5 heteroatoms. The van der Waals surface area contributed by atoms with Crippen molar-refractivity contribution in [3.05, 3.63) is 24.0 Å². The minimum Gasteiger partial charge on any atom is -0.461 e. The summed E-state index contributed by atoms with van der Waals surface area (Å²) < 4.78 is 7.32. The highest BCUT2D eigenvalue weighted by atomic mass is 16.5. The van der Waals surface area contributed by atoms with Crippen molar-refractivity contribution in [3.63, 3.8) is 0 Å². The van der Waals surface area contributed by atoms with E-state index >= 15 is 0 Å². The first-order valence-electron chi connectivity index (χ1n) is 7.85. The van der Waals surface area contributed by atoms with Gasteiger partial charge >= 0.3 is 5.97 Å². The predicted octanol–water partition coefficient (Wildman–Crippen LogP) is 3.16. The molecule has 1 heterocycles. The van der Waals surface area contributed by atoms with Gasteiger partial charge in [-0.1, -0.05) is 26.8 Å². The van der Waals surface area contributed by atoms with Crippen molar-refractivity contribution in [2.75, 3.05) is 5.73 Å². The molecular formula is C17H25N3O2. The quantitative estimate of drug-likeness (QED) is 0.657. The summed E-state index contributed by atoms with van der Waals surface area (Å²) in [5.74, 6) is 1.09. The van der Waals surface area contributed by atoms with Crippen LogP contribution in [-0.4, -0.2) is 21.6 Å². The summed E-state index contributed by atoms with van der Waals surface area (Å²) in [4.78, 5) is 16.8. The molecule has 1 aromatic heterocycles. The number of aromatic nitrogens is 2. The second-order valence-corrected chi connectivity index (χ2v) is 6.14. The van der Waals surface area contributed by atoms with E-state index in [1.165, 1.54) is 0 Å². The Balaban J connectivity index is 2.37. The molecule has 1 aromatic carbocycles. The van der Waals surface area contributed by atoms with Crippen molar-refractivity contribution in [2.45, 2.75) is 53.2 Å². The smallest absolute Gasteiger partial charge is 0.326 e. The number of carbonyl (C=O) groups excluding carboxylic acids is 1. The average molecular weight is 303 g/mol. The van der Waals surface area contributed by atoms with Crippen LogP contribution in [0.5, 0.6) is 0 Å². The van der Waals surface area contributed by atoms with Gasteiger partial charge in [0, 0.05) is 6.42 Å². The van der Waals surface area contributed by atoms with Gasteiger partial charge in [0.05, 0.1) is 17.3 Å². The summed E-state index contributed by atoms with van der Waals surface area (Å²) in [5, 5.41) is 0. The zero-order chi connectivity index (χ0) is 16.3. The summed E-state index contributed by atoms with van der Waals surface area (Å²) in [7, 11) is 0. The Kier molecular flexibility index (Phi) is 5.06. The summed E-state index contributed by atoms with van der Waals surface area (Å²) >= 11 is 0. The molecule has 0 fully saturated rings. The molecule has 0 radical (unpaired) electrons. The maximum Gasteiger partial charge on any atom is 0.326 e.